The fraction of sp³-hybridized carbons (Fsp3) is 0.690. The molecule has 0 aromatic heterocycles. The zero-order chi connectivity index (χ0) is 28.0. The Labute approximate surface area is 223 Å². The predicted molar refractivity (Wildman–Crippen MR) is 149 cm³/mol. The van der Waals surface area contributed by atoms with Crippen molar-refractivity contribution < 1.29 is 23.8 Å². The van der Waals surface area contributed by atoms with Crippen molar-refractivity contribution in [3.05, 3.63) is 36.0 Å². The van der Waals surface area contributed by atoms with E-state index in [0.29, 0.717) is 5.92 Å². The number of hydrogen-bond donors (Lipinski definition) is 2. The van der Waals surface area contributed by atoms with E-state index in [1.165, 1.54) is 18.6 Å². The fourth-order valence-corrected chi connectivity index (χ4v) is 4.32. The maximum atomic E-state index is 12.4. The Morgan fingerprint density at radius 1 is 1.16 bits per heavy atom. The first-order valence-corrected chi connectivity index (χ1v) is 13.3. The van der Waals surface area contributed by atoms with Crippen LogP contribution in [0.2, 0.25) is 0 Å². The Bertz CT molecular complexity index is 835. The molecule has 5 unspecified atom stereocenters. The van der Waals surface area contributed by atoms with Gasteiger partial charge in [0.15, 0.2) is 0 Å². The minimum Gasteiger partial charge on any atom is -0.388 e. The van der Waals surface area contributed by atoms with Crippen LogP contribution in [0, 0.1) is 17.8 Å². The van der Waals surface area contributed by atoms with Crippen LogP contribution in [0.4, 0.5) is 0 Å². The van der Waals surface area contributed by atoms with Crippen molar-refractivity contribution in [2.24, 2.45) is 28.5 Å². The monoisotopic (exact) mass is 519 g/mol. The Kier molecular flexibility index (Phi) is 15.3. The maximum absolute atomic E-state index is 12.4. The normalized spacial score (nSPS) is 30.1. The van der Waals surface area contributed by atoms with Crippen LogP contribution in [0.5, 0.6) is 0 Å². The molecule has 7 atom stereocenters. The molecule has 3 N–H and O–H groups in total. The number of allylic oxidation sites excluding steroid dienone is 2. The number of nitrogens with one attached hydrogen (secondary N) is 1. The molecule has 2 rings (SSSR count). The zero-order valence-corrected chi connectivity index (χ0v) is 24.0. The summed E-state index contributed by atoms with van der Waals surface area (Å²) in [6.07, 6.45) is 13.9. The number of amidine groups is 1. The van der Waals surface area contributed by atoms with E-state index in [2.05, 4.69) is 54.0 Å². The number of carbonyl (C=O) groups is 2. The molecule has 8 heteroatoms. The lowest BCUT2D eigenvalue weighted by Crippen LogP contribution is -2.50. The van der Waals surface area contributed by atoms with Gasteiger partial charge < -0.3 is 25.3 Å². The lowest BCUT2D eigenvalue weighted by Gasteiger charge is -2.39. The molecule has 2 aliphatic rings. The molecule has 2 amide bonds. The highest BCUT2D eigenvalue weighted by molar-refractivity contribution is 5.95. The third kappa shape index (κ3) is 13.2. The van der Waals surface area contributed by atoms with Crippen LogP contribution in [0.1, 0.15) is 67.2 Å². The van der Waals surface area contributed by atoms with Gasteiger partial charge in [-0.05, 0) is 57.4 Å². The van der Waals surface area contributed by atoms with Gasteiger partial charge in [0.05, 0.1) is 24.4 Å². The molecule has 0 radical (unpaired) electrons. The molecule has 2 saturated heterocycles. The Hall–Kier alpha value is -2.29. The SMILES string of the molecule is CC(=O)N=C(N)C(C)/C=C\C(=O)NC1CC(C)[C@H](C/C=C(C)/C=C/[C@@H]2CC(C)CCO2)OC1C.COC. The summed E-state index contributed by atoms with van der Waals surface area (Å²) in [7, 11) is 3.25. The summed E-state index contributed by atoms with van der Waals surface area (Å²) in [5, 5.41) is 3.04. The van der Waals surface area contributed by atoms with Gasteiger partial charge in [-0.25, -0.2) is 4.99 Å². The number of aliphatic imine (C=N–C) groups is 1. The van der Waals surface area contributed by atoms with Crippen LogP contribution in [0.3, 0.4) is 0 Å². The van der Waals surface area contributed by atoms with Crippen LogP contribution in [-0.2, 0) is 23.8 Å². The summed E-state index contributed by atoms with van der Waals surface area (Å²) in [5.41, 5.74) is 6.98. The molecule has 37 heavy (non-hydrogen) atoms. The first-order valence-electron chi connectivity index (χ1n) is 13.3. The van der Waals surface area contributed by atoms with Gasteiger partial charge in [0.2, 0.25) is 11.8 Å². The summed E-state index contributed by atoms with van der Waals surface area (Å²) < 4.78 is 16.3. The minimum atomic E-state index is -0.354. The van der Waals surface area contributed by atoms with Crippen molar-refractivity contribution in [2.75, 3.05) is 20.8 Å². The van der Waals surface area contributed by atoms with E-state index >= 15 is 0 Å². The van der Waals surface area contributed by atoms with Crippen molar-refractivity contribution >= 4 is 17.6 Å². The molecule has 0 spiro atoms. The molecule has 0 aliphatic carbocycles. The van der Waals surface area contributed by atoms with Crippen LogP contribution in [0.15, 0.2) is 40.9 Å². The molecule has 2 aliphatic heterocycles. The first-order chi connectivity index (χ1) is 17.5. The topological polar surface area (TPSA) is 112 Å². The van der Waals surface area contributed by atoms with Crippen molar-refractivity contribution in [3.63, 3.8) is 0 Å². The summed E-state index contributed by atoms with van der Waals surface area (Å²) in [5.74, 6) is 0.382. The van der Waals surface area contributed by atoms with Gasteiger partial charge in [-0.2, -0.15) is 0 Å². The average Bonchev–Trinajstić information content (AvgIpc) is 2.82. The van der Waals surface area contributed by atoms with E-state index in [9.17, 15) is 9.59 Å². The molecule has 2 fully saturated rings. The van der Waals surface area contributed by atoms with Gasteiger partial charge in [0, 0.05) is 33.7 Å². The predicted octanol–water partition coefficient (Wildman–Crippen LogP) is 4.35. The van der Waals surface area contributed by atoms with E-state index in [1.807, 2.05) is 6.92 Å². The highest BCUT2D eigenvalue weighted by Gasteiger charge is 2.33. The number of nitrogens with two attached hydrogens (primary N) is 1. The second kappa shape index (κ2) is 17.3. The molecular weight excluding hydrogens is 470 g/mol. The van der Waals surface area contributed by atoms with Gasteiger partial charge in [0.1, 0.15) is 5.84 Å². The Balaban J connectivity index is 0.00000217. The van der Waals surface area contributed by atoms with Crippen LogP contribution < -0.4 is 11.1 Å². The highest BCUT2D eigenvalue weighted by atomic mass is 16.5. The average molecular weight is 520 g/mol. The van der Waals surface area contributed by atoms with Crippen LogP contribution in [-0.4, -0.2) is 62.8 Å². The minimum absolute atomic E-state index is 0.0580. The number of rotatable bonds is 8. The van der Waals surface area contributed by atoms with Crippen molar-refractivity contribution in [1.29, 1.82) is 0 Å². The third-order valence-electron chi connectivity index (χ3n) is 6.66. The summed E-state index contributed by atoms with van der Waals surface area (Å²) in [6, 6.07) is -0.0580. The fourth-order valence-electron chi connectivity index (χ4n) is 4.32. The Morgan fingerprint density at radius 3 is 2.46 bits per heavy atom. The van der Waals surface area contributed by atoms with E-state index in [4.69, 9.17) is 15.2 Å². The molecule has 0 aromatic carbocycles. The van der Waals surface area contributed by atoms with E-state index in [0.717, 1.165) is 38.2 Å². The van der Waals surface area contributed by atoms with Gasteiger partial charge in [0.25, 0.3) is 0 Å². The lowest BCUT2D eigenvalue weighted by molar-refractivity contribution is -0.123. The molecule has 8 nitrogen and oxygen atoms in total. The third-order valence-corrected chi connectivity index (χ3v) is 6.66. The molecule has 2 heterocycles. The van der Waals surface area contributed by atoms with Crippen LogP contribution >= 0.6 is 0 Å². The molecular formula is C29H49N3O5. The van der Waals surface area contributed by atoms with Gasteiger partial charge >= 0.3 is 0 Å². The summed E-state index contributed by atoms with van der Waals surface area (Å²) >= 11 is 0. The van der Waals surface area contributed by atoms with Gasteiger partial charge in [-0.15, -0.1) is 0 Å². The molecule has 210 valence electrons. The Morgan fingerprint density at radius 2 is 1.84 bits per heavy atom. The molecule has 0 aromatic rings. The van der Waals surface area contributed by atoms with Crippen molar-refractivity contribution in [2.45, 2.75) is 91.6 Å². The number of methoxy groups -OCH3 is 1. The van der Waals surface area contributed by atoms with Gasteiger partial charge in [-0.3, -0.25) is 9.59 Å². The smallest absolute Gasteiger partial charge is 0.244 e. The standard InChI is InChI=1S/C27H43N3O4.C2H6O/c1-17(7-10-23-15-18(2)13-14-33-23)8-11-25-20(4)16-24(21(5)34-25)30-26(32)12-9-19(3)27(28)29-22(6)31;1-3-2/h7-10,12,18-21,23-25H,11,13-16H2,1-6H3,(H,30,32)(H2,28,29,31);1-2H3/b10-7+,12-9-,17-8+;/t18?,19?,20?,21?,23-,24?,25+;/m1./s1. The lowest BCUT2D eigenvalue weighted by atomic mass is 9.88. The van der Waals surface area contributed by atoms with E-state index in [1.54, 1.807) is 27.2 Å². The number of hydrogen-bond acceptors (Lipinski definition) is 5. The number of carbonyl (C=O) groups excluding carboxylic acids is 2. The summed E-state index contributed by atoms with van der Waals surface area (Å²) in [6.45, 7) is 12.5. The maximum Gasteiger partial charge on any atom is 0.244 e. The van der Waals surface area contributed by atoms with Crippen LogP contribution in [0.25, 0.3) is 0 Å². The first kappa shape index (κ1) is 32.7. The van der Waals surface area contributed by atoms with Crippen molar-refractivity contribution in [1.82, 2.24) is 5.32 Å². The number of amides is 2. The second-order valence-electron chi connectivity index (χ2n) is 10.4. The molecule has 0 saturated carbocycles. The highest BCUT2D eigenvalue weighted by Crippen LogP contribution is 2.28. The number of nitrogens with zero attached hydrogens (tertiary/aromatic N) is 1. The largest absolute Gasteiger partial charge is 0.388 e. The van der Waals surface area contributed by atoms with E-state index in [-0.39, 0.29) is 47.9 Å². The van der Waals surface area contributed by atoms with E-state index < -0.39 is 0 Å². The zero-order valence-electron chi connectivity index (χ0n) is 24.0. The van der Waals surface area contributed by atoms with Crippen molar-refractivity contribution in [3.8, 4) is 0 Å². The quantitative estimate of drug-likeness (QED) is 0.213. The van der Waals surface area contributed by atoms with Gasteiger partial charge in [-0.1, -0.05) is 50.6 Å². The number of ether oxygens (including phenoxy) is 3. The summed E-state index contributed by atoms with van der Waals surface area (Å²) in [4.78, 5) is 27.2. The molecule has 0 bridgehead atoms. The second-order valence-corrected chi connectivity index (χ2v) is 10.4.